The molecule has 0 radical (unpaired) electrons. The lowest BCUT2D eigenvalue weighted by molar-refractivity contribution is -0.111. The van der Waals surface area contributed by atoms with E-state index in [-0.39, 0.29) is 5.91 Å². The minimum Gasteiger partial charge on any atom is -0.320 e. The molecule has 0 saturated heterocycles. The van der Waals surface area contributed by atoms with Gasteiger partial charge in [-0.15, -0.1) is 0 Å². The fourth-order valence-electron chi connectivity index (χ4n) is 1.96. The van der Waals surface area contributed by atoms with E-state index in [9.17, 15) is 4.79 Å². The largest absolute Gasteiger partial charge is 0.320 e. The number of carbonyl (C=O) groups is 1. The van der Waals surface area contributed by atoms with Crippen molar-refractivity contribution in [3.05, 3.63) is 53.4 Å². The molecule has 1 heterocycles. The molecule has 4 nitrogen and oxygen atoms in total. The predicted octanol–water partition coefficient (Wildman–Crippen LogP) is 3.50. The molecule has 0 aliphatic carbocycles. The number of anilines is 1. The van der Waals surface area contributed by atoms with Gasteiger partial charge in [-0.2, -0.15) is 5.10 Å². The van der Waals surface area contributed by atoms with Gasteiger partial charge in [-0.3, -0.25) is 9.48 Å². The minimum absolute atomic E-state index is 0.154. The van der Waals surface area contributed by atoms with E-state index in [0.717, 1.165) is 16.9 Å². The van der Waals surface area contributed by atoms with E-state index in [4.69, 9.17) is 0 Å². The number of carbonyl (C=O) groups excluding carboxylic acids is 1. The quantitative estimate of drug-likeness (QED) is 0.873. The molecule has 1 amide bonds. The van der Waals surface area contributed by atoms with E-state index in [1.165, 1.54) is 11.6 Å². The Morgan fingerprint density at radius 3 is 2.48 bits per heavy atom. The van der Waals surface area contributed by atoms with E-state index >= 15 is 0 Å². The molecule has 0 aliphatic rings. The first-order valence-corrected chi connectivity index (χ1v) is 7.05. The molecule has 1 aromatic carbocycles. The number of hydrogen-bond donors (Lipinski definition) is 1. The maximum absolute atomic E-state index is 11.9. The summed E-state index contributed by atoms with van der Waals surface area (Å²) >= 11 is 0. The molecular weight excluding hydrogens is 262 g/mol. The Kier molecular flexibility index (Phi) is 4.58. The number of aryl methyl sites for hydroxylation is 1. The third kappa shape index (κ3) is 3.81. The van der Waals surface area contributed by atoms with Crippen molar-refractivity contribution < 1.29 is 4.79 Å². The highest BCUT2D eigenvalue weighted by molar-refractivity contribution is 6.02. The van der Waals surface area contributed by atoms with Crippen molar-refractivity contribution >= 4 is 17.7 Å². The molecule has 0 saturated carbocycles. The second kappa shape index (κ2) is 6.39. The van der Waals surface area contributed by atoms with Crippen LogP contribution < -0.4 is 5.32 Å². The monoisotopic (exact) mass is 283 g/mol. The van der Waals surface area contributed by atoms with Gasteiger partial charge in [0.05, 0.1) is 17.6 Å². The average molecular weight is 283 g/mol. The van der Waals surface area contributed by atoms with Crippen LogP contribution in [0, 0.1) is 6.92 Å². The molecule has 0 atom stereocenters. The van der Waals surface area contributed by atoms with Crippen LogP contribution >= 0.6 is 0 Å². The maximum Gasteiger partial charge on any atom is 0.248 e. The van der Waals surface area contributed by atoms with Gasteiger partial charge in [0.25, 0.3) is 0 Å². The van der Waals surface area contributed by atoms with Gasteiger partial charge in [0.2, 0.25) is 5.91 Å². The van der Waals surface area contributed by atoms with Crippen molar-refractivity contribution in [2.24, 2.45) is 7.05 Å². The molecule has 4 heteroatoms. The fourth-order valence-corrected chi connectivity index (χ4v) is 1.96. The number of nitrogens with one attached hydrogen (secondary N) is 1. The standard InChI is InChI=1S/C17H21N3O/c1-12(2)15-8-5-14(6-9-15)7-10-17(21)19-16-11-18-20(4)13(16)3/h5-12H,1-4H3,(H,19,21)/b10-7+. The highest BCUT2D eigenvalue weighted by Crippen LogP contribution is 2.16. The van der Waals surface area contributed by atoms with Crippen LogP contribution in [0.25, 0.3) is 6.08 Å². The third-order valence-corrected chi connectivity index (χ3v) is 3.52. The summed E-state index contributed by atoms with van der Waals surface area (Å²) in [4.78, 5) is 11.9. The first kappa shape index (κ1) is 15.0. The zero-order chi connectivity index (χ0) is 15.4. The Morgan fingerprint density at radius 2 is 1.95 bits per heavy atom. The Balaban J connectivity index is 2.00. The molecule has 2 aromatic rings. The first-order chi connectivity index (χ1) is 9.97. The van der Waals surface area contributed by atoms with Crippen LogP contribution in [-0.2, 0) is 11.8 Å². The van der Waals surface area contributed by atoms with E-state index in [1.54, 1.807) is 10.9 Å². The van der Waals surface area contributed by atoms with E-state index in [1.807, 2.05) is 32.2 Å². The number of hydrogen-bond acceptors (Lipinski definition) is 2. The first-order valence-electron chi connectivity index (χ1n) is 7.05. The van der Waals surface area contributed by atoms with Gasteiger partial charge in [-0.05, 0) is 30.0 Å². The average Bonchev–Trinajstić information content (AvgIpc) is 2.77. The Bertz CT molecular complexity index is 651. The van der Waals surface area contributed by atoms with Crippen molar-refractivity contribution in [1.29, 1.82) is 0 Å². The topological polar surface area (TPSA) is 46.9 Å². The second-order valence-corrected chi connectivity index (χ2v) is 5.41. The van der Waals surface area contributed by atoms with Gasteiger partial charge < -0.3 is 5.32 Å². The molecular formula is C17H21N3O. The van der Waals surface area contributed by atoms with Crippen LogP contribution in [-0.4, -0.2) is 15.7 Å². The van der Waals surface area contributed by atoms with Gasteiger partial charge in [0, 0.05) is 13.1 Å². The van der Waals surface area contributed by atoms with Crippen molar-refractivity contribution in [3.8, 4) is 0 Å². The van der Waals surface area contributed by atoms with Crippen molar-refractivity contribution in [1.82, 2.24) is 9.78 Å². The molecule has 110 valence electrons. The lowest BCUT2D eigenvalue weighted by Gasteiger charge is -2.04. The summed E-state index contributed by atoms with van der Waals surface area (Å²) in [5, 5.41) is 6.91. The summed E-state index contributed by atoms with van der Waals surface area (Å²) in [6, 6.07) is 8.23. The summed E-state index contributed by atoms with van der Waals surface area (Å²) in [5.74, 6) is 0.360. The summed E-state index contributed by atoms with van der Waals surface area (Å²) in [6.45, 7) is 6.24. The van der Waals surface area contributed by atoms with Crippen LogP contribution in [0.5, 0.6) is 0 Å². The lowest BCUT2D eigenvalue weighted by Crippen LogP contribution is -2.08. The van der Waals surface area contributed by atoms with Gasteiger partial charge >= 0.3 is 0 Å². The van der Waals surface area contributed by atoms with Crippen LogP contribution in [0.2, 0.25) is 0 Å². The zero-order valence-corrected chi connectivity index (χ0v) is 12.9. The second-order valence-electron chi connectivity index (χ2n) is 5.41. The van der Waals surface area contributed by atoms with Gasteiger partial charge in [-0.25, -0.2) is 0 Å². The van der Waals surface area contributed by atoms with Crippen molar-refractivity contribution in [2.45, 2.75) is 26.7 Å². The molecule has 0 bridgehead atoms. The van der Waals surface area contributed by atoms with E-state index < -0.39 is 0 Å². The molecule has 1 aromatic heterocycles. The number of aromatic nitrogens is 2. The molecule has 1 N–H and O–H groups in total. The van der Waals surface area contributed by atoms with Crippen LogP contribution in [0.3, 0.4) is 0 Å². The maximum atomic E-state index is 11.9. The number of rotatable bonds is 4. The predicted molar refractivity (Wildman–Crippen MR) is 86.1 cm³/mol. The third-order valence-electron chi connectivity index (χ3n) is 3.52. The minimum atomic E-state index is -0.154. The highest BCUT2D eigenvalue weighted by atomic mass is 16.1. The SMILES string of the molecule is Cc1c(NC(=O)/C=C/c2ccc(C(C)C)cc2)cnn1C. The van der Waals surface area contributed by atoms with Crippen molar-refractivity contribution in [2.75, 3.05) is 5.32 Å². The zero-order valence-electron chi connectivity index (χ0n) is 12.9. The van der Waals surface area contributed by atoms with Crippen LogP contribution in [0.4, 0.5) is 5.69 Å². The summed E-state index contributed by atoms with van der Waals surface area (Å²) in [5.41, 5.74) is 3.97. The highest BCUT2D eigenvalue weighted by Gasteiger charge is 2.05. The lowest BCUT2D eigenvalue weighted by atomic mass is 10.0. The molecule has 0 aliphatic heterocycles. The Morgan fingerprint density at radius 1 is 1.29 bits per heavy atom. The fraction of sp³-hybridized carbons (Fsp3) is 0.294. The molecule has 0 fully saturated rings. The molecule has 21 heavy (non-hydrogen) atoms. The normalized spacial score (nSPS) is 11.3. The van der Waals surface area contributed by atoms with Gasteiger partial charge in [0.15, 0.2) is 0 Å². The number of benzene rings is 1. The summed E-state index contributed by atoms with van der Waals surface area (Å²) in [6.07, 6.45) is 5.00. The van der Waals surface area contributed by atoms with Crippen LogP contribution in [0.15, 0.2) is 36.5 Å². The summed E-state index contributed by atoms with van der Waals surface area (Å²) < 4.78 is 1.73. The van der Waals surface area contributed by atoms with E-state index in [2.05, 4.69) is 36.4 Å². The Labute approximate surface area is 125 Å². The van der Waals surface area contributed by atoms with Gasteiger partial charge in [0.1, 0.15) is 0 Å². The molecule has 0 spiro atoms. The molecule has 2 rings (SSSR count). The Hall–Kier alpha value is -2.36. The number of amides is 1. The summed E-state index contributed by atoms with van der Waals surface area (Å²) in [7, 11) is 1.84. The van der Waals surface area contributed by atoms with Crippen molar-refractivity contribution in [3.63, 3.8) is 0 Å². The smallest absolute Gasteiger partial charge is 0.248 e. The number of nitrogens with zero attached hydrogens (tertiary/aromatic N) is 2. The van der Waals surface area contributed by atoms with Crippen LogP contribution in [0.1, 0.15) is 36.6 Å². The van der Waals surface area contributed by atoms with Gasteiger partial charge in [-0.1, -0.05) is 38.1 Å². The van der Waals surface area contributed by atoms with E-state index in [0.29, 0.717) is 5.92 Å². The molecule has 0 unspecified atom stereocenters.